The lowest BCUT2D eigenvalue weighted by atomic mass is 10.2. The van der Waals surface area contributed by atoms with Gasteiger partial charge in [-0.3, -0.25) is 9.59 Å². The molecule has 1 N–H and O–H groups in total. The number of amides is 1. The van der Waals surface area contributed by atoms with Crippen LogP contribution in [0, 0.1) is 5.82 Å². The van der Waals surface area contributed by atoms with Gasteiger partial charge in [-0.05, 0) is 24.6 Å². The standard InChI is InChI=1S/C13H16FNO3S/c1-2-15(12(16)8-19-9-13(17)18)7-10-4-3-5-11(14)6-10/h3-6H,2,7-9H2,1H3,(H,17,18). The molecular formula is C13H16FNO3S. The topological polar surface area (TPSA) is 57.6 Å². The van der Waals surface area contributed by atoms with E-state index in [0.717, 1.165) is 17.3 Å². The molecule has 0 atom stereocenters. The molecule has 0 unspecified atom stereocenters. The van der Waals surface area contributed by atoms with E-state index in [1.807, 2.05) is 6.92 Å². The summed E-state index contributed by atoms with van der Waals surface area (Å²) in [5.41, 5.74) is 0.721. The maximum atomic E-state index is 13.0. The first-order valence-corrected chi connectivity index (χ1v) is 7.00. The third-order valence-corrected chi connectivity index (χ3v) is 3.35. The number of carbonyl (C=O) groups excluding carboxylic acids is 1. The van der Waals surface area contributed by atoms with Crippen molar-refractivity contribution in [3.8, 4) is 0 Å². The number of hydrogen-bond donors (Lipinski definition) is 1. The molecule has 6 heteroatoms. The van der Waals surface area contributed by atoms with Crippen LogP contribution in [0.4, 0.5) is 4.39 Å². The van der Waals surface area contributed by atoms with E-state index in [-0.39, 0.29) is 23.2 Å². The number of aliphatic carboxylic acids is 1. The fourth-order valence-electron chi connectivity index (χ4n) is 1.55. The number of hydrogen-bond acceptors (Lipinski definition) is 3. The number of halogens is 1. The largest absolute Gasteiger partial charge is 0.481 e. The normalized spacial score (nSPS) is 10.2. The fraction of sp³-hybridized carbons (Fsp3) is 0.385. The van der Waals surface area contributed by atoms with Crippen LogP contribution in [-0.2, 0) is 16.1 Å². The molecule has 1 rings (SSSR count). The van der Waals surface area contributed by atoms with E-state index in [4.69, 9.17) is 5.11 Å². The van der Waals surface area contributed by atoms with E-state index < -0.39 is 5.97 Å². The van der Waals surface area contributed by atoms with Gasteiger partial charge in [0.25, 0.3) is 0 Å². The van der Waals surface area contributed by atoms with Crippen LogP contribution in [-0.4, -0.2) is 39.9 Å². The summed E-state index contributed by atoms with van der Waals surface area (Å²) in [6.45, 7) is 2.67. The van der Waals surface area contributed by atoms with Crippen molar-refractivity contribution in [2.24, 2.45) is 0 Å². The first-order valence-electron chi connectivity index (χ1n) is 5.84. The predicted octanol–water partition coefficient (Wildman–Crippen LogP) is 1.99. The minimum atomic E-state index is -0.939. The molecule has 104 valence electrons. The van der Waals surface area contributed by atoms with Gasteiger partial charge in [-0.1, -0.05) is 12.1 Å². The van der Waals surface area contributed by atoms with Gasteiger partial charge in [0.1, 0.15) is 5.82 Å². The zero-order valence-electron chi connectivity index (χ0n) is 10.6. The van der Waals surface area contributed by atoms with Crippen molar-refractivity contribution in [2.75, 3.05) is 18.1 Å². The average molecular weight is 285 g/mol. The van der Waals surface area contributed by atoms with Crippen LogP contribution in [0.1, 0.15) is 12.5 Å². The lowest BCUT2D eigenvalue weighted by Gasteiger charge is -2.20. The second-order valence-corrected chi connectivity index (χ2v) is 4.91. The van der Waals surface area contributed by atoms with Crippen molar-refractivity contribution < 1.29 is 19.1 Å². The first-order chi connectivity index (χ1) is 9.02. The Morgan fingerprint density at radius 1 is 1.37 bits per heavy atom. The molecule has 1 amide bonds. The quantitative estimate of drug-likeness (QED) is 0.832. The molecule has 0 fully saturated rings. The minimum absolute atomic E-state index is 0.0940. The SMILES string of the molecule is CCN(Cc1cccc(F)c1)C(=O)CSCC(=O)O. The van der Waals surface area contributed by atoms with Crippen LogP contribution in [0.15, 0.2) is 24.3 Å². The molecule has 0 heterocycles. The van der Waals surface area contributed by atoms with Crippen molar-refractivity contribution in [2.45, 2.75) is 13.5 Å². The third kappa shape index (κ3) is 5.74. The second-order valence-electron chi connectivity index (χ2n) is 3.92. The summed E-state index contributed by atoms with van der Waals surface area (Å²) in [6.07, 6.45) is 0. The van der Waals surface area contributed by atoms with Crippen LogP contribution >= 0.6 is 11.8 Å². The van der Waals surface area contributed by atoms with Crippen molar-refractivity contribution in [1.82, 2.24) is 4.90 Å². The maximum absolute atomic E-state index is 13.0. The molecule has 4 nitrogen and oxygen atoms in total. The molecule has 0 bridgehead atoms. The van der Waals surface area contributed by atoms with Gasteiger partial charge in [0.05, 0.1) is 11.5 Å². The minimum Gasteiger partial charge on any atom is -0.481 e. The highest BCUT2D eigenvalue weighted by atomic mass is 32.2. The highest BCUT2D eigenvalue weighted by Crippen LogP contribution is 2.09. The number of thioether (sulfide) groups is 1. The average Bonchev–Trinajstić information content (AvgIpc) is 2.35. The highest BCUT2D eigenvalue weighted by Gasteiger charge is 2.13. The Balaban J connectivity index is 2.52. The summed E-state index contributed by atoms with van der Waals surface area (Å²) in [5.74, 6) is -1.39. The van der Waals surface area contributed by atoms with Gasteiger partial charge >= 0.3 is 5.97 Å². The summed E-state index contributed by atoms with van der Waals surface area (Å²) in [7, 11) is 0. The Morgan fingerprint density at radius 3 is 2.68 bits per heavy atom. The Kier molecular flexibility index (Phi) is 6.35. The van der Waals surface area contributed by atoms with E-state index in [2.05, 4.69) is 0 Å². The van der Waals surface area contributed by atoms with E-state index >= 15 is 0 Å². The van der Waals surface area contributed by atoms with Crippen LogP contribution in [0.3, 0.4) is 0 Å². The Labute approximate surface area is 115 Å². The molecule has 0 spiro atoms. The van der Waals surface area contributed by atoms with Gasteiger partial charge in [-0.25, -0.2) is 4.39 Å². The molecule has 0 saturated carbocycles. The third-order valence-electron chi connectivity index (χ3n) is 2.45. The van der Waals surface area contributed by atoms with Crippen LogP contribution < -0.4 is 0 Å². The molecule has 0 aliphatic rings. The number of rotatable bonds is 7. The monoisotopic (exact) mass is 285 g/mol. The summed E-state index contributed by atoms with van der Waals surface area (Å²) < 4.78 is 13.0. The van der Waals surface area contributed by atoms with Gasteiger partial charge in [-0.2, -0.15) is 0 Å². The Bertz CT molecular complexity index is 453. The second kappa shape index (κ2) is 7.78. The summed E-state index contributed by atoms with van der Waals surface area (Å²) in [6, 6.07) is 6.09. The van der Waals surface area contributed by atoms with Gasteiger partial charge in [0.15, 0.2) is 0 Å². The van der Waals surface area contributed by atoms with Crippen molar-refractivity contribution >= 4 is 23.6 Å². The fourth-order valence-corrected chi connectivity index (χ4v) is 2.18. The number of benzene rings is 1. The molecule has 1 aromatic rings. The van der Waals surface area contributed by atoms with E-state index in [0.29, 0.717) is 13.1 Å². The van der Waals surface area contributed by atoms with Gasteiger partial charge < -0.3 is 10.0 Å². The molecule has 0 saturated heterocycles. The van der Waals surface area contributed by atoms with Gasteiger partial charge in [-0.15, -0.1) is 11.8 Å². The smallest absolute Gasteiger partial charge is 0.313 e. The molecular weight excluding hydrogens is 269 g/mol. The van der Waals surface area contributed by atoms with Gasteiger partial charge in [0.2, 0.25) is 5.91 Å². The highest BCUT2D eigenvalue weighted by molar-refractivity contribution is 8.00. The summed E-state index contributed by atoms with van der Waals surface area (Å²) in [5, 5.41) is 8.50. The van der Waals surface area contributed by atoms with Gasteiger partial charge in [0, 0.05) is 13.1 Å². The number of carboxylic acids is 1. The first kappa shape index (κ1) is 15.5. The van der Waals surface area contributed by atoms with Crippen LogP contribution in [0.25, 0.3) is 0 Å². The molecule has 0 aliphatic carbocycles. The number of nitrogens with zero attached hydrogens (tertiary/aromatic N) is 1. The number of carbonyl (C=O) groups is 2. The van der Waals surface area contributed by atoms with Crippen molar-refractivity contribution in [3.63, 3.8) is 0 Å². The van der Waals surface area contributed by atoms with Crippen molar-refractivity contribution in [3.05, 3.63) is 35.6 Å². The Morgan fingerprint density at radius 2 is 2.11 bits per heavy atom. The van der Waals surface area contributed by atoms with Crippen LogP contribution in [0.5, 0.6) is 0 Å². The summed E-state index contributed by atoms with van der Waals surface area (Å²) in [4.78, 5) is 23.8. The zero-order valence-corrected chi connectivity index (χ0v) is 11.5. The molecule has 1 aromatic carbocycles. The molecule has 0 aliphatic heterocycles. The maximum Gasteiger partial charge on any atom is 0.313 e. The lowest BCUT2D eigenvalue weighted by Crippen LogP contribution is -2.32. The van der Waals surface area contributed by atoms with E-state index in [1.165, 1.54) is 12.1 Å². The molecule has 19 heavy (non-hydrogen) atoms. The van der Waals surface area contributed by atoms with E-state index in [9.17, 15) is 14.0 Å². The summed E-state index contributed by atoms with van der Waals surface area (Å²) >= 11 is 1.06. The lowest BCUT2D eigenvalue weighted by molar-refractivity contribution is -0.133. The molecule has 0 radical (unpaired) electrons. The van der Waals surface area contributed by atoms with E-state index in [1.54, 1.807) is 17.0 Å². The Hall–Kier alpha value is -1.56. The number of carboxylic acid groups (broad SMARTS) is 1. The van der Waals surface area contributed by atoms with Crippen LogP contribution in [0.2, 0.25) is 0 Å². The molecule has 0 aromatic heterocycles. The zero-order chi connectivity index (χ0) is 14.3. The predicted molar refractivity (Wildman–Crippen MR) is 72.5 cm³/mol. The van der Waals surface area contributed by atoms with Crippen molar-refractivity contribution in [1.29, 1.82) is 0 Å².